The minimum absolute atomic E-state index is 0.192. The maximum absolute atomic E-state index is 5.19. The number of aliphatic imine (C=N–C) groups is 1. The zero-order valence-electron chi connectivity index (χ0n) is 14.5. The van der Waals surface area contributed by atoms with Gasteiger partial charge in [-0.2, -0.15) is 0 Å². The Balaban J connectivity index is 1.72. The highest BCUT2D eigenvalue weighted by molar-refractivity contribution is 6.02. The van der Waals surface area contributed by atoms with E-state index in [1.54, 1.807) is 0 Å². The van der Waals surface area contributed by atoms with Crippen LogP contribution in [0, 0.1) is 5.41 Å². The molecule has 2 aromatic carbocycles. The number of para-hydroxylation sites is 1. The summed E-state index contributed by atoms with van der Waals surface area (Å²) in [6.45, 7) is 2.21. The molecule has 2 aromatic rings. The van der Waals surface area contributed by atoms with Crippen molar-refractivity contribution in [1.82, 2.24) is 0 Å². The first-order valence-corrected chi connectivity index (χ1v) is 9.25. The molecule has 1 N–H and O–H groups in total. The van der Waals surface area contributed by atoms with E-state index in [0.717, 1.165) is 6.42 Å². The second-order valence-corrected chi connectivity index (χ2v) is 7.36. The lowest BCUT2D eigenvalue weighted by Gasteiger charge is -2.43. The van der Waals surface area contributed by atoms with Gasteiger partial charge in [-0.1, -0.05) is 67.8 Å². The second-order valence-electron chi connectivity index (χ2n) is 7.36. The predicted octanol–water partition coefficient (Wildman–Crippen LogP) is 5.76. The van der Waals surface area contributed by atoms with Gasteiger partial charge in [-0.25, -0.2) is 0 Å². The van der Waals surface area contributed by atoms with Crippen LogP contribution in [0.3, 0.4) is 0 Å². The van der Waals surface area contributed by atoms with Gasteiger partial charge in [-0.3, -0.25) is 4.99 Å². The molecule has 1 aliphatic heterocycles. The van der Waals surface area contributed by atoms with Crippen molar-refractivity contribution in [3.63, 3.8) is 0 Å². The SMILES string of the molecule is CC(N=C1Nc2ccccc2CC12CCCCC2)c1ccccc1. The Morgan fingerprint density at radius 3 is 2.42 bits per heavy atom. The average Bonchev–Trinajstić information content (AvgIpc) is 2.64. The van der Waals surface area contributed by atoms with Crippen LogP contribution in [-0.4, -0.2) is 5.84 Å². The van der Waals surface area contributed by atoms with E-state index in [4.69, 9.17) is 4.99 Å². The summed E-state index contributed by atoms with van der Waals surface area (Å²) < 4.78 is 0. The van der Waals surface area contributed by atoms with Crippen molar-refractivity contribution in [3.05, 3.63) is 65.7 Å². The first kappa shape index (κ1) is 15.4. The Morgan fingerprint density at radius 2 is 1.62 bits per heavy atom. The maximum atomic E-state index is 5.19. The number of nitrogens with one attached hydrogen (secondary N) is 1. The molecule has 1 fully saturated rings. The third kappa shape index (κ3) is 2.86. The summed E-state index contributed by atoms with van der Waals surface area (Å²) in [4.78, 5) is 5.19. The molecular formula is C22H26N2. The van der Waals surface area contributed by atoms with Gasteiger partial charge >= 0.3 is 0 Å². The third-order valence-electron chi connectivity index (χ3n) is 5.72. The Bertz CT molecular complexity index is 727. The van der Waals surface area contributed by atoms with Gasteiger partial charge in [0.05, 0.1) is 6.04 Å². The molecular weight excluding hydrogens is 292 g/mol. The van der Waals surface area contributed by atoms with E-state index in [9.17, 15) is 0 Å². The van der Waals surface area contributed by atoms with Gasteiger partial charge < -0.3 is 5.32 Å². The zero-order valence-corrected chi connectivity index (χ0v) is 14.5. The summed E-state index contributed by atoms with van der Waals surface area (Å²) in [5, 5.41) is 3.71. The summed E-state index contributed by atoms with van der Waals surface area (Å²) in [6.07, 6.45) is 7.66. The van der Waals surface area contributed by atoms with Crippen LogP contribution in [-0.2, 0) is 6.42 Å². The molecule has 24 heavy (non-hydrogen) atoms. The normalized spacial score (nSPS) is 22.0. The van der Waals surface area contributed by atoms with E-state index < -0.39 is 0 Å². The summed E-state index contributed by atoms with van der Waals surface area (Å²) in [5.74, 6) is 1.22. The van der Waals surface area contributed by atoms with Gasteiger partial charge in [0.1, 0.15) is 5.84 Å². The molecule has 1 heterocycles. The van der Waals surface area contributed by atoms with Crippen LogP contribution in [0.25, 0.3) is 0 Å². The van der Waals surface area contributed by atoms with Crippen molar-refractivity contribution in [2.75, 3.05) is 5.32 Å². The van der Waals surface area contributed by atoms with E-state index in [2.05, 4.69) is 66.8 Å². The molecule has 2 nitrogen and oxygen atoms in total. The van der Waals surface area contributed by atoms with Crippen molar-refractivity contribution in [3.8, 4) is 0 Å². The average molecular weight is 318 g/mol. The second kappa shape index (κ2) is 6.43. The monoisotopic (exact) mass is 318 g/mol. The maximum Gasteiger partial charge on any atom is 0.108 e. The molecule has 124 valence electrons. The molecule has 4 rings (SSSR count). The molecule has 0 bridgehead atoms. The molecule has 2 aliphatic rings. The Labute approximate surface area is 145 Å². The number of rotatable bonds is 2. The molecule has 1 atom stereocenters. The van der Waals surface area contributed by atoms with Crippen LogP contribution in [0.5, 0.6) is 0 Å². The molecule has 0 radical (unpaired) electrons. The van der Waals surface area contributed by atoms with Crippen molar-refractivity contribution in [2.45, 2.75) is 51.5 Å². The van der Waals surface area contributed by atoms with E-state index in [1.807, 2.05) is 0 Å². The number of benzene rings is 2. The summed E-state index contributed by atoms with van der Waals surface area (Å²) in [7, 11) is 0. The van der Waals surface area contributed by atoms with Crippen LogP contribution in [0.4, 0.5) is 5.69 Å². The Morgan fingerprint density at radius 1 is 0.917 bits per heavy atom. The fourth-order valence-corrected chi connectivity index (χ4v) is 4.32. The molecule has 0 saturated heterocycles. The highest BCUT2D eigenvalue weighted by Gasteiger charge is 2.41. The smallest absolute Gasteiger partial charge is 0.108 e. The quantitative estimate of drug-likeness (QED) is 0.747. The standard InChI is InChI=1S/C22H26N2/c1-17(18-10-4-2-5-11-18)23-21-22(14-8-3-9-15-22)16-19-12-6-7-13-20(19)24-21/h2,4-7,10-13,17H,3,8-9,14-16H2,1H3,(H,23,24). The van der Waals surface area contributed by atoms with E-state index in [1.165, 1.54) is 54.8 Å². The van der Waals surface area contributed by atoms with Crippen LogP contribution in [0.2, 0.25) is 0 Å². The van der Waals surface area contributed by atoms with Gasteiger partial charge in [-0.05, 0) is 43.4 Å². The number of fused-ring (bicyclic) bond motifs is 1. The predicted molar refractivity (Wildman–Crippen MR) is 102 cm³/mol. The molecule has 0 aromatic heterocycles. The van der Waals surface area contributed by atoms with Crippen molar-refractivity contribution < 1.29 is 0 Å². The highest BCUT2D eigenvalue weighted by atomic mass is 15.0. The fourth-order valence-electron chi connectivity index (χ4n) is 4.32. The summed E-state index contributed by atoms with van der Waals surface area (Å²) in [6, 6.07) is 19.6. The number of hydrogen-bond acceptors (Lipinski definition) is 1. The molecule has 1 unspecified atom stereocenters. The van der Waals surface area contributed by atoms with Crippen molar-refractivity contribution >= 4 is 11.5 Å². The van der Waals surface area contributed by atoms with Crippen molar-refractivity contribution in [2.24, 2.45) is 10.4 Å². The van der Waals surface area contributed by atoms with E-state index in [-0.39, 0.29) is 11.5 Å². The van der Waals surface area contributed by atoms with Crippen LogP contribution >= 0.6 is 0 Å². The lowest BCUT2D eigenvalue weighted by Crippen LogP contribution is -2.43. The fraction of sp³-hybridized carbons (Fsp3) is 0.409. The summed E-state index contributed by atoms with van der Waals surface area (Å²) in [5.41, 5.74) is 4.20. The number of hydrogen-bond donors (Lipinski definition) is 1. The molecule has 1 spiro atoms. The lowest BCUT2D eigenvalue weighted by molar-refractivity contribution is 0.277. The number of nitrogens with zero attached hydrogens (tertiary/aromatic N) is 1. The van der Waals surface area contributed by atoms with Gasteiger partial charge in [0, 0.05) is 11.1 Å². The highest BCUT2D eigenvalue weighted by Crippen LogP contribution is 2.45. The molecule has 1 saturated carbocycles. The zero-order chi connectivity index (χ0) is 16.4. The molecule has 1 aliphatic carbocycles. The van der Waals surface area contributed by atoms with E-state index >= 15 is 0 Å². The molecule has 2 heteroatoms. The lowest BCUT2D eigenvalue weighted by atomic mass is 9.67. The van der Waals surface area contributed by atoms with E-state index in [0.29, 0.717) is 0 Å². The molecule has 0 amide bonds. The number of anilines is 1. The van der Waals surface area contributed by atoms with Crippen LogP contribution < -0.4 is 5.32 Å². The van der Waals surface area contributed by atoms with Crippen molar-refractivity contribution in [1.29, 1.82) is 0 Å². The van der Waals surface area contributed by atoms with Gasteiger partial charge in [0.2, 0.25) is 0 Å². The third-order valence-corrected chi connectivity index (χ3v) is 5.72. The Hall–Kier alpha value is -2.09. The first-order valence-electron chi connectivity index (χ1n) is 9.25. The number of amidine groups is 1. The minimum atomic E-state index is 0.192. The van der Waals surface area contributed by atoms with Gasteiger partial charge in [0.15, 0.2) is 0 Å². The van der Waals surface area contributed by atoms with Gasteiger partial charge in [-0.15, -0.1) is 0 Å². The largest absolute Gasteiger partial charge is 0.343 e. The van der Waals surface area contributed by atoms with Crippen LogP contribution in [0.15, 0.2) is 59.6 Å². The summed E-state index contributed by atoms with van der Waals surface area (Å²) >= 11 is 0. The topological polar surface area (TPSA) is 24.4 Å². The van der Waals surface area contributed by atoms with Crippen LogP contribution in [0.1, 0.15) is 56.2 Å². The minimum Gasteiger partial charge on any atom is -0.343 e. The first-order chi connectivity index (χ1) is 11.8. The van der Waals surface area contributed by atoms with Gasteiger partial charge in [0.25, 0.3) is 0 Å². The Kier molecular flexibility index (Phi) is 4.13.